The van der Waals surface area contributed by atoms with Gasteiger partial charge in [-0.25, -0.2) is 19.7 Å². The van der Waals surface area contributed by atoms with Gasteiger partial charge in [0, 0.05) is 31.5 Å². The molecule has 192 valence electrons. The van der Waals surface area contributed by atoms with Crippen molar-refractivity contribution in [3.05, 3.63) is 54.7 Å². The first-order valence-corrected chi connectivity index (χ1v) is 11.7. The number of amides is 3. The van der Waals surface area contributed by atoms with Crippen molar-refractivity contribution >= 4 is 46.7 Å². The predicted molar refractivity (Wildman–Crippen MR) is 137 cm³/mol. The Kier molecular flexibility index (Phi) is 7.71. The van der Waals surface area contributed by atoms with Gasteiger partial charge in [-0.05, 0) is 31.9 Å². The molecule has 3 aromatic rings. The van der Waals surface area contributed by atoms with Crippen molar-refractivity contribution in [3.8, 4) is 0 Å². The minimum absolute atomic E-state index is 0.209. The molecule has 0 aliphatic heterocycles. The molecule has 3 aromatic heterocycles. The fourth-order valence-corrected chi connectivity index (χ4v) is 3.72. The quantitative estimate of drug-likeness (QED) is 0.239. The van der Waals surface area contributed by atoms with Gasteiger partial charge in [-0.3, -0.25) is 19.9 Å². The van der Waals surface area contributed by atoms with Crippen LogP contribution < -0.4 is 26.6 Å². The molecule has 3 amide bonds. The molecule has 13 heteroatoms. The van der Waals surface area contributed by atoms with Crippen molar-refractivity contribution in [2.45, 2.75) is 26.2 Å². The van der Waals surface area contributed by atoms with Gasteiger partial charge in [-0.2, -0.15) is 0 Å². The van der Waals surface area contributed by atoms with Gasteiger partial charge in [-0.1, -0.05) is 6.42 Å². The smallest absolute Gasteiger partial charge is 0.320 e. The van der Waals surface area contributed by atoms with E-state index in [1.54, 1.807) is 37.5 Å². The summed E-state index contributed by atoms with van der Waals surface area (Å²) in [5.74, 6) is -0.788. The zero-order valence-electron chi connectivity index (χ0n) is 20.1. The number of hydrogen-bond acceptors (Lipinski definition) is 9. The molecule has 1 fully saturated rings. The summed E-state index contributed by atoms with van der Waals surface area (Å²) in [6.07, 6.45) is 9.53. The normalized spacial score (nSPS) is 13.5. The summed E-state index contributed by atoms with van der Waals surface area (Å²) in [6, 6.07) is 4.65. The summed E-state index contributed by atoms with van der Waals surface area (Å²) in [7, 11) is 0. The third kappa shape index (κ3) is 6.25. The van der Waals surface area contributed by atoms with E-state index in [9.17, 15) is 19.5 Å². The number of pyridine rings is 2. The molecule has 13 nitrogen and oxygen atoms in total. The van der Waals surface area contributed by atoms with E-state index >= 15 is 0 Å². The molecule has 0 spiro atoms. The lowest BCUT2D eigenvalue weighted by Crippen LogP contribution is -2.43. The highest BCUT2D eigenvalue weighted by atomic mass is 16.4. The zero-order chi connectivity index (χ0) is 26.3. The lowest BCUT2D eigenvalue weighted by molar-refractivity contribution is -0.153. The second-order valence-electron chi connectivity index (χ2n) is 8.51. The van der Waals surface area contributed by atoms with Gasteiger partial charge in [0.15, 0.2) is 0 Å². The average molecular weight is 506 g/mol. The van der Waals surface area contributed by atoms with Crippen molar-refractivity contribution in [2.24, 2.45) is 5.41 Å². The molecular formula is C24H27N9O4. The fraction of sp³-hybridized carbons (Fsp3) is 0.292. The summed E-state index contributed by atoms with van der Waals surface area (Å²) in [4.78, 5) is 53.1. The maximum Gasteiger partial charge on any atom is 0.320 e. The lowest BCUT2D eigenvalue weighted by atomic mass is 9.69. The van der Waals surface area contributed by atoms with Gasteiger partial charge >= 0.3 is 12.0 Å². The first-order valence-electron chi connectivity index (χ1n) is 11.7. The van der Waals surface area contributed by atoms with Crippen molar-refractivity contribution in [1.29, 1.82) is 0 Å². The maximum absolute atomic E-state index is 13.1. The molecule has 37 heavy (non-hydrogen) atoms. The van der Waals surface area contributed by atoms with Crippen LogP contribution in [0.15, 0.2) is 49.2 Å². The van der Waals surface area contributed by atoms with Crippen LogP contribution in [0.2, 0.25) is 0 Å². The van der Waals surface area contributed by atoms with Crippen LogP contribution in [0.4, 0.5) is 33.6 Å². The molecule has 0 atom stereocenters. The van der Waals surface area contributed by atoms with Crippen LogP contribution in [0.5, 0.6) is 0 Å². The van der Waals surface area contributed by atoms with Gasteiger partial charge in [0.25, 0.3) is 5.91 Å². The van der Waals surface area contributed by atoms with E-state index in [0.717, 1.165) is 6.42 Å². The van der Waals surface area contributed by atoms with Gasteiger partial charge in [0.2, 0.25) is 5.95 Å². The highest BCUT2D eigenvalue weighted by molar-refractivity contribution is 6.08. The van der Waals surface area contributed by atoms with Crippen LogP contribution >= 0.6 is 0 Å². The maximum atomic E-state index is 13.1. The SMILES string of the molecule is CCNC(=O)Nc1cc(Nc2cccnc2)c(C(=O)Nc2cnc(NCC3(C(=O)O)CCC3)nc2)cn1. The topological polar surface area (TPSA) is 183 Å². The van der Waals surface area contributed by atoms with Gasteiger partial charge in [0.05, 0.1) is 46.6 Å². The average Bonchev–Trinajstić information content (AvgIpc) is 2.85. The van der Waals surface area contributed by atoms with Crippen LogP contribution in [-0.4, -0.2) is 56.0 Å². The molecule has 4 rings (SSSR count). The molecule has 3 heterocycles. The third-order valence-electron chi connectivity index (χ3n) is 5.93. The first kappa shape index (κ1) is 25.3. The minimum atomic E-state index is -0.827. The molecule has 6 N–H and O–H groups in total. The van der Waals surface area contributed by atoms with Crippen molar-refractivity contribution < 1.29 is 19.5 Å². The predicted octanol–water partition coefficient (Wildman–Crippen LogP) is 3.07. The third-order valence-corrected chi connectivity index (χ3v) is 5.93. The zero-order valence-corrected chi connectivity index (χ0v) is 20.1. The first-order chi connectivity index (χ1) is 17.9. The largest absolute Gasteiger partial charge is 0.481 e. The Morgan fingerprint density at radius 1 is 1.03 bits per heavy atom. The summed E-state index contributed by atoms with van der Waals surface area (Å²) >= 11 is 0. The van der Waals surface area contributed by atoms with Gasteiger partial charge in [0.1, 0.15) is 5.82 Å². The number of aliphatic carboxylic acids is 1. The minimum Gasteiger partial charge on any atom is -0.481 e. The van der Waals surface area contributed by atoms with E-state index < -0.39 is 23.3 Å². The Morgan fingerprint density at radius 2 is 1.81 bits per heavy atom. The van der Waals surface area contributed by atoms with Crippen LogP contribution in [0.1, 0.15) is 36.5 Å². The highest BCUT2D eigenvalue weighted by Gasteiger charge is 2.44. The van der Waals surface area contributed by atoms with E-state index in [1.165, 1.54) is 18.6 Å². The standard InChI is InChI=1S/C24H27N9O4/c1-2-26-23(37)33-19-9-18(31-15-5-3-8-25-10-15)17(13-27-19)20(34)32-16-11-28-22(29-12-16)30-14-24(21(35)36)6-4-7-24/h3,5,8-13H,2,4,6-7,14H2,1H3,(H,32,34)(H,35,36)(H,28,29,30)(H3,26,27,31,33,37). The summed E-state index contributed by atoms with van der Waals surface area (Å²) < 4.78 is 0. The molecular weight excluding hydrogens is 478 g/mol. The van der Waals surface area contributed by atoms with E-state index in [2.05, 4.69) is 46.5 Å². The van der Waals surface area contributed by atoms with Crippen LogP contribution in [0.25, 0.3) is 0 Å². The van der Waals surface area contributed by atoms with E-state index in [0.29, 0.717) is 36.4 Å². The molecule has 1 saturated carbocycles. The van der Waals surface area contributed by atoms with E-state index in [4.69, 9.17) is 0 Å². The van der Waals surface area contributed by atoms with Gasteiger partial charge in [-0.15, -0.1) is 0 Å². The van der Waals surface area contributed by atoms with Crippen LogP contribution in [0, 0.1) is 5.41 Å². The summed E-state index contributed by atoms with van der Waals surface area (Å²) in [5, 5.41) is 23.5. The van der Waals surface area contributed by atoms with Crippen LogP contribution in [-0.2, 0) is 4.79 Å². The van der Waals surface area contributed by atoms with Crippen molar-refractivity contribution in [2.75, 3.05) is 34.4 Å². The van der Waals surface area contributed by atoms with E-state index in [1.807, 2.05) is 0 Å². The number of nitrogens with zero attached hydrogens (tertiary/aromatic N) is 4. The number of carboxylic acids is 1. The van der Waals surface area contributed by atoms with Gasteiger partial charge < -0.3 is 26.4 Å². The number of urea groups is 1. The van der Waals surface area contributed by atoms with E-state index in [-0.39, 0.29) is 23.9 Å². The second kappa shape index (κ2) is 11.3. The van der Waals surface area contributed by atoms with Crippen molar-refractivity contribution in [1.82, 2.24) is 25.3 Å². The Balaban J connectivity index is 1.46. The number of carbonyl (C=O) groups is 3. The molecule has 0 aromatic carbocycles. The number of carbonyl (C=O) groups excluding carboxylic acids is 2. The molecule has 0 bridgehead atoms. The lowest BCUT2D eigenvalue weighted by Gasteiger charge is -2.37. The molecule has 1 aliphatic carbocycles. The van der Waals surface area contributed by atoms with Crippen molar-refractivity contribution in [3.63, 3.8) is 0 Å². The molecule has 0 saturated heterocycles. The molecule has 0 radical (unpaired) electrons. The molecule has 1 aliphatic rings. The fourth-order valence-electron chi connectivity index (χ4n) is 3.72. The Hall–Kier alpha value is -4.81. The number of nitrogens with one attached hydrogen (secondary N) is 5. The number of aromatic nitrogens is 4. The Bertz CT molecular complexity index is 1260. The number of anilines is 5. The number of hydrogen-bond donors (Lipinski definition) is 6. The highest BCUT2D eigenvalue weighted by Crippen LogP contribution is 2.41. The second-order valence-corrected chi connectivity index (χ2v) is 8.51. The Labute approximate surface area is 212 Å². The number of rotatable bonds is 10. The summed E-state index contributed by atoms with van der Waals surface area (Å²) in [5.41, 5.74) is 0.797. The monoisotopic (exact) mass is 505 g/mol. The number of carboxylic acid groups (broad SMARTS) is 1. The molecule has 0 unspecified atom stereocenters. The summed E-state index contributed by atoms with van der Waals surface area (Å²) in [6.45, 7) is 2.48. The Morgan fingerprint density at radius 3 is 2.43 bits per heavy atom. The van der Waals surface area contributed by atoms with Crippen LogP contribution in [0.3, 0.4) is 0 Å².